The number of carbonyl (C=O) groups excluding carboxylic acids is 2. The SMILES string of the molecule is Cc1cc(OCC(C)C)ccc1/C(O)=C1\C(=O)C(=O)N(CCCN(C)C)C1c1ccc(O)cc1. The van der Waals surface area contributed by atoms with Gasteiger partial charge in [0, 0.05) is 12.1 Å². The highest BCUT2D eigenvalue weighted by Gasteiger charge is 2.45. The van der Waals surface area contributed by atoms with Gasteiger partial charge in [-0.25, -0.2) is 0 Å². The van der Waals surface area contributed by atoms with E-state index in [4.69, 9.17) is 4.74 Å². The van der Waals surface area contributed by atoms with Crippen molar-refractivity contribution in [2.24, 2.45) is 5.92 Å². The Morgan fingerprint density at radius 3 is 2.38 bits per heavy atom. The van der Waals surface area contributed by atoms with E-state index < -0.39 is 17.7 Å². The number of aryl methyl sites for hydroxylation is 1. The van der Waals surface area contributed by atoms with E-state index in [1.54, 1.807) is 24.3 Å². The molecule has 0 saturated carbocycles. The Labute approximate surface area is 201 Å². The fourth-order valence-electron chi connectivity index (χ4n) is 4.07. The molecule has 1 saturated heterocycles. The molecule has 1 aliphatic heterocycles. The fourth-order valence-corrected chi connectivity index (χ4v) is 4.07. The van der Waals surface area contributed by atoms with Gasteiger partial charge in [-0.3, -0.25) is 9.59 Å². The van der Waals surface area contributed by atoms with Gasteiger partial charge in [0.1, 0.15) is 17.3 Å². The third kappa shape index (κ3) is 5.59. The Kier molecular flexibility index (Phi) is 7.99. The number of Topliss-reactive ketones (excluding diaryl/α,β-unsaturated/α-hetero) is 1. The quantitative estimate of drug-likeness (QED) is 0.328. The number of nitrogens with zero attached hydrogens (tertiary/aromatic N) is 2. The van der Waals surface area contributed by atoms with Crippen molar-refractivity contribution in [1.29, 1.82) is 0 Å². The van der Waals surface area contributed by atoms with Crippen molar-refractivity contribution in [1.82, 2.24) is 9.80 Å². The molecule has 1 aliphatic rings. The molecule has 7 heteroatoms. The standard InChI is InChI=1S/C27H34N2O5/c1-17(2)16-34-21-11-12-22(18(3)15-21)25(31)23-24(19-7-9-20(30)10-8-19)29(27(33)26(23)32)14-6-13-28(4)5/h7-12,15,17,24,30-31H,6,13-14,16H2,1-5H3/b25-23+. The van der Waals surface area contributed by atoms with Crippen LogP contribution in [-0.4, -0.2) is 65.5 Å². The summed E-state index contributed by atoms with van der Waals surface area (Å²) in [7, 11) is 3.89. The van der Waals surface area contributed by atoms with Gasteiger partial charge in [-0.15, -0.1) is 0 Å². The second-order valence-electron chi connectivity index (χ2n) is 9.42. The highest BCUT2D eigenvalue weighted by atomic mass is 16.5. The molecule has 0 spiro atoms. The van der Waals surface area contributed by atoms with E-state index in [-0.39, 0.29) is 17.1 Å². The Hall–Kier alpha value is -3.32. The number of hydrogen-bond acceptors (Lipinski definition) is 6. The van der Waals surface area contributed by atoms with Gasteiger partial charge in [0.15, 0.2) is 0 Å². The molecule has 7 nitrogen and oxygen atoms in total. The summed E-state index contributed by atoms with van der Waals surface area (Å²) < 4.78 is 5.77. The van der Waals surface area contributed by atoms with Gasteiger partial charge in [-0.05, 0) is 81.4 Å². The molecule has 34 heavy (non-hydrogen) atoms. The lowest BCUT2D eigenvalue weighted by Gasteiger charge is -2.26. The average molecular weight is 467 g/mol. The van der Waals surface area contributed by atoms with Crippen LogP contribution in [0.2, 0.25) is 0 Å². The van der Waals surface area contributed by atoms with Crippen LogP contribution >= 0.6 is 0 Å². The number of ether oxygens (including phenoxy) is 1. The van der Waals surface area contributed by atoms with Crippen LogP contribution < -0.4 is 4.74 Å². The monoisotopic (exact) mass is 466 g/mol. The normalized spacial score (nSPS) is 17.7. The van der Waals surface area contributed by atoms with Crippen LogP contribution in [0.4, 0.5) is 0 Å². The van der Waals surface area contributed by atoms with E-state index in [1.807, 2.05) is 32.0 Å². The van der Waals surface area contributed by atoms with Gasteiger partial charge in [0.2, 0.25) is 0 Å². The lowest BCUT2D eigenvalue weighted by Crippen LogP contribution is -2.32. The molecule has 182 valence electrons. The lowest BCUT2D eigenvalue weighted by molar-refractivity contribution is -0.139. The van der Waals surface area contributed by atoms with Crippen molar-refractivity contribution >= 4 is 17.4 Å². The van der Waals surface area contributed by atoms with E-state index in [0.717, 1.165) is 12.1 Å². The molecule has 3 rings (SSSR count). The summed E-state index contributed by atoms with van der Waals surface area (Å²) in [4.78, 5) is 29.7. The van der Waals surface area contributed by atoms with E-state index >= 15 is 0 Å². The first kappa shape index (κ1) is 25.3. The maximum Gasteiger partial charge on any atom is 0.295 e. The second-order valence-corrected chi connectivity index (χ2v) is 9.42. The summed E-state index contributed by atoms with van der Waals surface area (Å²) in [5.74, 6) is -0.405. The predicted octanol–water partition coefficient (Wildman–Crippen LogP) is 4.11. The van der Waals surface area contributed by atoms with Crippen molar-refractivity contribution in [3.63, 3.8) is 0 Å². The molecular formula is C27H34N2O5. The van der Waals surface area contributed by atoms with Crippen molar-refractivity contribution in [3.8, 4) is 11.5 Å². The molecule has 0 bridgehead atoms. The van der Waals surface area contributed by atoms with Crippen molar-refractivity contribution < 1.29 is 24.5 Å². The molecule has 2 N–H and O–H groups in total. The molecule has 0 radical (unpaired) electrons. The largest absolute Gasteiger partial charge is 0.508 e. The van der Waals surface area contributed by atoms with Crippen LogP contribution in [0.3, 0.4) is 0 Å². The number of phenolic OH excluding ortho intramolecular Hbond substituents is 1. The number of amides is 1. The highest BCUT2D eigenvalue weighted by Crippen LogP contribution is 2.40. The van der Waals surface area contributed by atoms with E-state index in [0.29, 0.717) is 42.4 Å². The van der Waals surface area contributed by atoms with Gasteiger partial charge in [0.25, 0.3) is 11.7 Å². The number of rotatable bonds is 9. The molecule has 2 aromatic carbocycles. The van der Waals surface area contributed by atoms with Crippen LogP contribution in [0.5, 0.6) is 11.5 Å². The van der Waals surface area contributed by atoms with Crippen LogP contribution in [0.15, 0.2) is 48.0 Å². The number of aromatic hydroxyl groups is 1. The molecule has 1 fully saturated rings. The molecule has 1 atom stereocenters. The number of benzene rings is 2. The third-order valence-corrected chi connectivity index (χ3v) is 5.79. The Bertz CT molecular complexity index is 1070. The first-order valence-electron chi connectivity index (χ1n) is 11.6. The van der Waals surface area contributed by atoms with Crippen LogP contribution in [0.1, 0.15) is 43.0 Å². The topological polar surface area (TPSA) is 90.3 Å². The van der Waals surface area contributed by atoms with Gasteiger partial charge < -0.3 is 24.7 Å². The summed E-state index contributed by atoms with van der Waals surface area (Å²) in [5.41, 5.74) is 1.92. The molecule has 1 heterocycles. The average Bonchev–Trinajstić information content (AvgIpc) is 3.02. The van der Waals surface area contributed by atoms with Gasteiger partial charge in [-0.1, -0.05) is 26.0 Å². The summed E-state index contributed by atoms with van der Waals surface area (Å²) in [5, 5.41) is 21.0. The zero-order valence-corrected chi connectivity index (χ0v) is 20.5. The number of carbonyl (C=O) groups is 2. The zero-order valence-electron chi connectivity index (χ0n) is 20.5. The van der Waals surface area contributed by atoms with Crippen molar-refractivity contribution in [3.05, 3.63) is 64.7 Å². The highest BCUT2D eigenvalue weighted by molar-refractivity contribution is 6.46. The Balaban J connectivity index is 2.04. The second kappa shape index (κ2) is 10.7. The molecule has 1 unspecified atom stereocenters. The van der Waals surface area contributed by atoms with Crippen LogP contribution in [0.25, 0.3) is 5.76 Å². The minimum absolute atomic E-state index is 0.0551. The summed E-state index contributed by atoms with van der Waals surface area (Å²) in [6, 6.07) is 10.9. The number of ketones is 1. The minimum Gasteiger partial charge on any atom is -0.508 e. The number of aliphatic hydroxyl groups is 1. The minimum atomic E-state index is -0.737. The number of phenols is 1. The molecular weight excluding hydrogens is 432 g/mol. The summed E-state index contributed by atoms with van der Waals surface area (Å²) in [6.07, 6.45) is 0.676. The maximum absolute atomic E-state index is 13.1. The molecule has 0 aromatic heterocycles. The maximum atomic E-state index is 13.1. The summed E-state index contributed by atoms with van der Waals surface area (Å²) >= 11 is 0. The number of aliphatic hydroxyl groups excluding tert-OH is 1. The third-order valence-electron chi connectivity index (χ3n) is 5.79. The van der Waals surface area contributed by atoms with Gasteiger partial charge in [-0.2, -0.15) is 0 Å². The van der Waals surface area contributed by atoms with Gasteiger partial charge >= 0.3 is 0 Å². The fraction of sp³-hybridized carbons (Fsp3) is 0.407. The Morgan fingerprint density at radius 1 is 1.12 bits per heavy atom. The smallest absolute Gasteiger partial charge is 0.295 e. The first-order chi connectivity index (χ1) is 16.1. The zero-order chi connectivity index (χ0) is 25.0. The predicted molar refractivity (Wildman–Crippen MR) is 132 cm³/mol. The van der Waals surface area contributed by atoms with Crippen molar-refractivity contribution in [2.75, 3.05) is 33.8 Å². The molecule has 0 aliphatic carbocycles. The molecule has 1 amide bonds. The Morgan fingerprint density at radius 2 is 1.79 bits per heavy atom. The van der Waals surface area contributed by atoms with E-state index in [2.05, 4.69) is 13.8 Å². The number of likely N-dealkylation sites (tertiary alicyclic amines) is 1. The lowest BCUT2D eigenvalue weighted by atomic mass is 9.93. The molecule has 2 aromatic rings. The van der Waals surface area contributed by atoms with Crippen LogP contribution in [0, 0.1) is 12.8 Å². The first-order valence-corrected chi connectivity index (χ1v) is 11.6. The summed E-state index contributed by atoms with van der Waals surface area (Å²) in [6.45, 7) is 7.65. The van der Waals surface area contributed by atoms with Crippen molar-refractivity contribution in [2.45, 2.75) is 33.2 Å². The van der Waals surface area contributed by atoms with E-state index in [1.165, 1.54) is 17.0 Å². The number of hydrogen-bond donors (Lipinski definition) is 2. The van der Waals surface area contributed by atoms with Gasteiger partial charge in [0.05, 0.1) is 18.2 Å². The van der Waals surface area contributed by atoms with Crippen LogP contribution in [-0.2, 0) is 9.59 Å². The van der Waals surface area contributed by atoms with E-state index in [9.17, 15) is 19.8 Å².